The maximum absolute atomic E-state index is 16.7. The molecule has 0 radical (unpaired) electrons. The Hall–Kier alpha value is -5.02. The number of halogens is 2. The Kier molecular flexibility index (Phi) is 5.78. The zero-order valence-electron chi connectivity index (χ0n) is 21.6. The minimum Gasteiger partial charge on any atom is -0.305 e. The van der Waals surface area contributed by atoms with Crippen LogP contribution in [0.5, 0.6) is 0 Å². The first-order chi connectivity index (χ1) is 19.7. The van der Waals surface area contributed by atoms with Crippen molar-refractivity contribution in [2.75, 3.05) is 9.80 Å². The smallest absolute Gasteiger partial charge is 0.240 e. The van der Waals surface area contributed by atoms with E-state index in [2.05, 4.69) is 4.98 Å². The van der Waals surface area contributed by atoms with E-state index in [1.54, 1.807) is 9.80 Å². The first kappa shape index (κ1) is 24.1. The predicted molar refractivity (Wildman–Crippen MR) is 153 cm³/mol. The van der Waals surface area contributed by atoms with Gasteiger partial charge in [-0.05, 0) is 72.2 Å². The van der Waals surface area contributed by atoms with Gasteiger partial charge < -0.3 is 4.90 Å². The summed E-state index contributed by atoms with van der Waals surface area (Å²) < 4.78 is 33.2. The normalized spacial score (nSPS) is 13.7. The number of fused-ring (bicyclic) bond motifs is 4. The first-order valence-corrected chi connectivity index (χ1v) is 13.4. The largest absolute Gasteiger partial charge is 0.305 e. The van der Waals surface area contributed by atoms with Crippen molar-refractivity contribution >= 4 is 34.3 Å². The lowest BCUT2D eigenvalue weighted by Crippen LogP contribution is -2.21. The van der Waals surface area contributed by atoms with Gasteiger partial charge in [0.2, 0.25) is 5.95 Å². The number of aryl methyl sites for hydroxylation is 4. The molecule has 7 rings (SSSR count). The van der Waals surface area contributed by atoms with Crippen LogP contribution in [0.15, 0.2) is 97.1 Å². The molecule has 4 nitrogen and oxygen atoms in total. The number of anilines is 6. The number of aromatic nitrogens is 1. The summed E-state index contributed by atoms with van der Waals surface area (Å²) in [4.78, 5) is 7.61. The number of pyridine rings is 1. The van der Waals surface area contributed by atoms with Crippen molar-refractivity contribution in [1.29, 1.82) is 5.26 Å². The lowest BCUT2D eigenvalue weighted by Gasteiger charge is -2.30. The zero-order valence-corrected chi connectivity index (χ0v) is 21.6. The van der Waals surface area contributed by atoms with Crippen molar-refractivity contribution in [3.8, 4) is 6.07 Å². The van der Waals surface area contributed by atoms with Gasteiger partial charge in [0.15, 0.2) is 11.6 Å². The van der Waals surface area contributed by atoms with Gasteiger partial charge in [-0.15, -0.1) is 0 Å². The third-order valence-electron chi connectivity index (χ3n) is 7.86. The Morgan fingerprint density at radius 3 is 1.35 bits per heavy atom. The van der Waals surface area contributed by atoms with E-state index >= 15 is 8.78 Å². The number of nitriles is 1. The summed E-state index contributed by atoms with van der Waals surface area (Å²) in [5.41, 5.74) is 6.28. The summed E-state index contributed by atoms with van der Waals surface area (Å²) >= 11 is 0. The molecule has 0 bridgehead atoms. The van der Waals surface area contributed by atoms with Gasteiger partial charge in [0.05, 0.1) is 11.4 Å². The molecule has 0 aliphatic carbocycles. The van der Waals surface area contributed by atoms with Crippen molar-refractivity contribution in [3.63, 3.8) is 0 Å². The molecular weight excluding hydrogens is 502 g/mol. The summed E-state index contributed by atoms with van der Waals surface area (Å²) in [7, 11) is 0. The number of rotatable bonds is 2. The number of hydrogen-bond donors (Lipinski definition) is 0. The maximum Gasteiger partial charge on any atom is 0.240 e. The molecule has 0 N–H and O–H groups in total. The molecule has 0 spiro atoms. The highest BCUT2D eigenvalue weighted by Crippen LogP contribution is 2.47. The van der Waals surface area contributed by atoms with Gasteiger partial charge >= 0.3 is 0 Å². The van der Waals surface area contributed by atoms with Gasteiger partial charge in [0.25, 0.3) is 0 Å². The fourth-order valence-corrected chi connectivity index (χ4v) is 6.00. The van der Waals surface area contributed by atoms with Crippen molar-refractivity contribution in [3.05, 3.63) is 137 Å². The van der Waals surface area contributed by atoms with Crippen molar-refractivity contribution in [1.82, 2.24) is 4.98 Å². The molecule has 194 valence electrons. The second kappa shape index (κ2) is 9.62. The fraction of sp³-hybridized carbons (Fsp3) is 0.118. The molecule has 6 heteroatoms. The second-order valence-corrected chi connectivity index (χ2v) is 10.1. The average molecular weight is 527 g/mol. The first-order valence-electron chi connectivity index (χ1n) is 13.4. The van der Waals surface area contributed by atoms with Gasteiger partial charge in [-0.3, -0.25) is 4.90 Å². The van der Waals surface area contributed by atoms with Crippen molar-refractivity contribution in [2.24, 2.45) is 0 Å². The van der Waals surface area contributed by atoms with E-state index in [1.807, 2.05) is 103 Å². The summed E-state index contributed by atoms with van der Waals surface area (Å²) in [5, 5.41) is 10.4. The van der Waals surface area contributed by atoms with Gasteiger partial charge in [-0.1, -0.05) is 72.8 Å². The Morgan fingerprint density at radius 2 is 0.950 bits per heavy atom. The molecular formula is C34H24F2N4. The molecule has 0 unspecified atom stereocenters. The molecule has 0 saturated heterocycles. The molecule has 0 amide bonds. The summed E-state index contributed by atoms with van der Waals surface area (Å²) in [6.45, 7) is 0. The van der Waals surface area contributed by atoms with Crippen molar-refractivity contribution in [2.45, 2.75) is 25.7 Å². The van der Waals surface area contributed by atoms with Gasteiger partial charge in [0, 0.05) is 11.4 Å². The van der Waals surface area contributed by atoms with E-state index in [0.29, 0.717) is 11.4 Å². The molecule has 40 heavy (non-hydrogen) atoms. The summed E-state index contributed by atoms with van der Waals surface area (Å²) in [6.07, 6.45) is 2.97. The highest BCUT2D eigenvalue weighted by Gasteiger charge is 2.33. The number of para-hydroxylation sites is 4. The van der Waals surface area contributed by atoms with Crippen LogP contribution in [0.3, 0.4) is 0 Å². The third kappa shape index (κ3) is 3.74. The molecule has 2 aliphatic rings. The summed E-state index contributed by atoms with van der Waals surface area (Å²) in [6, 6.07) is 32.7. The lowest BCUT2D eigenvalue weighted by molar-refractivity contribution is 0.561. The van der Waals surface area contributed by atoms with Crippen LogP contribution in [-0.2, 0) is 25.7 Å². The summed E-state index contributed by atoms with van der Waals surface area (Å²) in [5.74, 6) is -1.99. The molecule has 3 heterocycles. The standard InChI is InChI=1S/C34H24F2N4/c35-31-26(21-37)32(39-27-13-5-1-9-22(27)17-18-23-10-2-6-14-28(23)39)33(36)38-34(31)40-29-15-7-3-11-24(29)19-20-25-12-4-8-16-30(25)40/h1-16H,17-20H2. The van der Waals surface area contributed by atoms with Crippen LogP contribution in [0.1, 0.15) is 27.8 Å². The third-order valence-corrected chi connectivity index (χ3v) is 7.86. The van der Waals surface area contributed by atoms with Gasteiger partial charge in [-0.2, -0.15) is 14.6 Å². The Morgan fingerprint density at radius 1 is 0.575 bits per heavy atom. The lowest BCUT2D eigenvalue weighted by atomic mass is 10.0. The van der Waals surface area contributed by atoms with E-state index in [0.717, 1.165) is 59.3 Å². The van der Waals surface area contributed by atoms with E-state index in [-0.39, 0.29) is 17.1 Å². The average Bonchev–Trinajstić information content (AvgIpc) is 3.26. The molecule has 0 saturated carbocycles. The zero-order chi connectivity index (χ0) is 27.2. The Balaban J connectivity index is 1.50. The number of benzene rings is 4. The topological polar surface area (TPSA) is 43.2 Å². The van der Waals surface area contributed by atoms with E-state index in [4.69, 9.17) is 0 Å². The maximum atomic E-state index is 16.7. The van der Waals surface area contributed by atoms with Gasteiger partial charge in [0.1, 0.15) is 17.3 Å². The number of hydrogen-bond acceptors (Lipinski definition) is 4. The van der Waals surface area contributed by atoms with Crippen LogP contribution in [0.2, 0.25) is 0 Å². The van der Waals surface area contributed by atoms with Crippen molar-refractivity contribution < 1.29 is 8.78 Å². The Labute approximate surface area is 231 Å². The molecule has 0 atom stereocenters. The Bertz CT molecular complexity index is 1730. The molecule has 2 aliphatic heterocycles. The van der Waals surface area contributed by atoms with Crippen LogP contribution in [-0.4, -0.2) is 4.98 Å². The second-order valence-electron chi connectivity index (χ2n) is 10.1. The molecule has 0 fully saturated rings. The van der Waals surface area contributed by atoms with Crippen LogP contribution < -0.4 is 9.80 Å². The minimum atomic E-state index is -0.904. The van der Waals surface area contributed by atoms with E-state index in [1.165, 1.54) is 0 Å². The molecule has 1 aromatic heterocycles. The molecule has 5 aromatic rings. The van der Waals surface area contributed by atoms with Gasteiger partial charge in [-0.25, -0.2) is 4.39 Å². The van der Waals surface area contributed by atoms with Crippen LogP contribution in [0.4, 0.5) is 43.0 Å². The van der Waals surface area contributed by atoms with Crippen LogP contribution in [0, 0.1) is 23.1 Å². The highest BCUT2D eigenvalue weighted by molar-refractivity contribution is 5.87. The SMILES string of the molecule is N#Cc1c(F)c(N2c3ccccc3CCc3ccccc32)nc(F)c1N1c2ccccc2CCc2ccccc21. The monoisotopic (exact) mass is 526 g/mol. The highest BCUT2D eigenvalue weighted by atomic mass is 19.1. The van der Waals surface area contributed by atoms with Crippen LogP contribution >= 0.6 is 0 Å². The number of nitrogens with zero attached hydrogens (tertiary/aromatic N) is 4. The molecule has 4 aromatic carbocycles. The minimum absolute atomic E-state index is 0.179. The van der Waals surface area contributed by atoms with Crippen LogP contribution in [0.25, 0.3) is 0 Å². The van der Waals surface area contributed by atoms with E-state index in [9.17, 15) is 5.26 Å². The predicted octanol–water partition coefficient (Wildman–Crippen LogP) is 8.37. The quantitative estimate of drug-likeness (QED) is 0.217. The fourth-order valence-electron chi connectivity index (χ4n) is 6.00. The van der Waals surface area contributed by atoms with E-state index < -0.39 is 11.8 Å².